The van der Waals surface area contributed by atoms with Crippen LogP contribution in [0.5, 0.6) is 23.0 Å². The van der Waals surface area contributed by atoms with Gasteiger partial charge in [-0.3, -0.25) is 9.11 Å². The van der Waals surface area contributed by atoms with Crippen molar-refractivity contribution in [1.29, 1.82) is 0 Å². The summed E-state index contributed by atoms with van der Waals surface area (Å²) in [6, 6.07) is 16.6. The number of anilines is 2. The molecule has 4 rings (SSSR count). The molecule has 0 aromatic heterocycles. The van der Waals surface area contributed by atoms with Crippen molar-refractivity contribution in [2.75, 3.05) is 11.5 Å². The second kappa shape index (κ2) is 8.50. The maximum Gasteiger partial charge on any atom is 0.298 e. The Morgan fingerprint density at radius 3 is 1.65 bits per heavy atom. The Morgan fingerprint density at radius 1 is 0.618 bits per heavy atom. The van der Waals surface area contributed by atoms with Gasteiger partial charge in [0.15, 0.2) is 5.75 Å². The fourth-order valence-electron chi connectivity index (χ4n) is 3.18. The van der Waals surface area contributed by atoms with Crippen LogP contribution in [0.4, 0.5) is 11.4 Å². The monoisotopic (exact) mass is 502 g/mol. The van der Waals surface area contributed by atoms with Crippen LogP contribution in [0, 0.1) is 0 Å². The molecule has 0 spiro atoms. The zero-order valence-corrected chi connectivity index (χ0v) is 18.9. The summed E-state index contributed by atoms with van der Waals surface area (Å²) >= 11 is 0. The fraction of sp³-hybridized carbons (Fsp3) is 0. The smallest absolute Gasteiger partial charge is 0.298 e. The molecule has 0 aliphatic carbocycles. The minimum Gasteiger partial charge on any atom is -0.457 e. The number of benzene rings is 4. The number of nitrogen functional groups attached to an aromatic ring is 2. The Morgan fingerprint density at radius 2 is 1.15 bits per heavy atom. The van der Waals surface area contributed by atoms with Crippen LogP contribution in [-0.4, -0.2) is 25.9 Å². The first-order valence-electron chi connectivity index (χ1n) is 9.54. The van der Waals surface area contributed by atoms with E-state index in [1.807, 2.05) is 0 Å². The topological polar surface area (TPSA) is 179 Å². The van der Waals surface area contributed by atoms with Crippen molar-refractivity contribution in [3.63, 3.8) is 0 Å². The third-order valence-electron chi connectivity index (χ3n) is 4.77. The Hall–Kier alpha value is -3.84. The van der Waals surface area contributed by atoms with Gasteiger partial charge in [-0.1, -0.05) is 0 Å². The summed E-state index contributed by atoms with van der Waals surface area (Å²) in [6.45, 7) is 0. The highest BCUT2D eigenvalue weighted by molar-refractivity contribution is 7.86. The molecule has 0 bridgehead atoms. The molecule has 0 atom stereocenters. The maximum atomic E-state index is 12.3. The highest BCUT2D eigenvalue weighted by Crippen LogP contribution is 2.43. The molecule has 0 fully saturated rings. The average molecular weight is 503 g/mol. The van der Waals surface area contributed by atoms with Gasteiger partial charge in [0.05, 0.1) is 4.90 Å². The van der Waals surface area contributed by atoms with Gasteiger partial charge in [0.2, 0.25) is 0 Å². The second-order valence-corrected chi connectivity index (χ2v) is 10.0. The van der Waals surface area contributed by atoms with Crippen molar-refractivity contribution in [1.82, 2.24) is 0 Å². The van der Waals surface area contributed by atoms with Gasteiger partial charge < -0.3 is 20.9 Å². The van der Waals surface area contributed by atoms with Crippen molar-refractivity contribution in [3.8, 4) is 23.0 Å². The quantitative estimate of drug-likeness (QED) is 0.222. The summed E-state index contributed by atoms with van der Waals surface area (Å²) in [5.74, 6) is 0.0454. The van der Waals surface area contributed by atoms with E-state index in [2.05, 4.69) is 0 Å². The molecule has 176 valence electrons. The molecule has 0 aliphatic heterocycles. The van der Waals surface area contributed by atoms with Crippen molar-refractivity contribution >= 4 is 42.4 Å². The van der Waals surface area contributed by atoms with Crippen LogP contribution in [0.2, 0.25) is 0 Å². The normalized spacial score (nSPS) is 11.9. The van der Waals surface area contributed by atoms with E-state index in [1.54, 1.807) is 24.3 Å². The van der Waals surface area contributed by atoms with Gasteiger partial charge in [-0.25, -0.2) is 0 Å². The molecule has 0 radical (unpaired) electrons. The van der Waals surface area contributed by atoms with Crippen LogP contribution in [0.3, 0.4) is 0 Å². The van der Waals surface area contributed by atoms with Crippen LogP contribution < -0.4 is 20.9 Å². The molecule has 4 aromatic rings. The Balaban J connectivity index is 2.02. The predicted molar refractivity (Wildman–Crippen MR) is 125 cm³/mol. The van der Waals surface area contributed by atoms with E-state index in [0.717, 1.165) is 18.2 Å². The van der Waals surface area contributed by atoms with Crippen LogP contribution in [-0.2, 0) is 20.2 Å². The summed E-state index contributed by atoms with van der Waals surface area (Å²) in [5.41, 5.74) is 12.2. The molecule has 4 aromatic carbocycles. The third kappa shape index (κ3) is 4.89. The molecule has 6 N–H and O–H groups in total. The van der Waals surface area contributed by atoms with Gasteiger partial charge in [0.1, 0.15) is 22.1 Å². The summed E-state index contributed by atoms with van der Waals surface area (Å²) in [6.07, 6.45) is 0. The van der Waals surface area contributed by atoms with E-state index in [-0.39, 0.29) is 28.0 Å². The summed E-state index contributed by atoms with van der Waals surface area (Å²) < 4.78 is 79.1. The largest absolute Gasteiger partial charge is 0.457 e. The molecule has 10 nitrogen and oxygen atoms in total. The van der Waals surface area contributed by atoms with Crippen molar-refractivity contribution in [2.45, 2.75) is 9.79 Å². The lowest BCUT2D eigenvalue weighted by Gasteiger charge is -2.17. The van der Waals surface area contributed by atoms with Gasteiger partial charge in [0.25, 0.3) is 20.2 Å². The first-order valence-corrected chi connectivity index (χ1v) is 12.4. The van der Waals surface area contributed by atoms with E-state index in [1.165, 1.54) is 30.3 Å². The van der Waals surface area contributed by atoms with E-state index in [4.69, 9.17) is 20.9 Å². The van der Waals surface area contributed by atoms with E-state index in [0.29, 0.717) is 17.1 Å². The fourth-order valence-corrected chi connectivity index (χ4v) is 4.33. The first kappa shape index (κ1) is 23.3. The second-order valence-electron chi connectivity index (χ2n) is 7.20. The lowest BCUT2D eigenvalue weighted by molar-refractivity contribution is 0.447. The molecule has 0 saturated carbocycles. The minimum atomic E-state index is -4.88. The number of ether oxygens (including phenoxy) is 2. The highest BCUT2D eigenvalue weighted by Gasteiger charge is 2.25. The lowest BCUT2D eigenvalue weighted by atomic mass is 10.1. The van der Waals surface area contributed by atoms with Crippen LogP contribution in [0.15, 0.2) is 82.6 Å². The van der Waals surface area contributed by atoms with Crippen molar-refractivity contribution in [2.24, 2.45) is 0 Å². The Kier molecular flexibility index (Phi) is 5.83. The van der Waals surface area contributed by atoms with Crippen LogP contribution >= 0.6 is 0 Å². The van der Waals surface area contributed by atoms with Gasteiger partial charge in [0, 0.05) is 28.2 Å². The van der Waals surface area contributed by atoms with E-state index in [9.17, 15) is 25.9 Å². The zero-order valence-electron chi connectivity index (χ0n) is 17.2. The van der Waals surface area contributed by atoms with Gasteiger partial charge >= 0.3 is 0 Å². The molecule has 0 heterocycles. The average Bonchev–Trinajstić information content (AvgIpc) is 2.76. The number of hydrogen-bond donors (Lipinski definition) is 4. The molecular weight excluding hydrogens is 484 g/mol. The lowest BCUT2D eigenvalue weighted by Crippen LogP contribution is -2.04. The molecule has 34 heavy (non-hydrogen) atoms. The number of hydrogen-bond acceptors (Lipinski definition) is 8. The highest BCUT2D eigenvalue weighted by atomic mass is 32.2. The zero-order chi connectivity index (χ0) is 24.7. The summed E-state index contributed by atoms with van der Waals surface area (Å²) in [4.78, 5) is -1.21. The van der Waals surface area contributed by atoms with E-state index >= 15 is 0 Å². The van der Waals surface area contributed by atoms with Crippen LogP contribution in [0.1, 0.15) is 0 Å². The minimum absolute atomic E-state index is 0.0288. The maximum absolute atomic E-state index is 12.3. The van der Waals surface area contributed by atoms with Gasteiger partial charge in [-0.15, -0.1) is 0 Å². The van der Waals surface area contributed by atoms with Gasteiger partial charge in [-0.05, 0) is 66.7 Å². The molecule has 12 heteroatoms. The molecular formula is C22H18N2O8S2. The van der Waals surface area contributed by atoms with E-state index < -0.39 is 30.0 Å². The van der Waals surface area contributed by atoms with Gasteiger partial charge in [-0.2, -0.15) is 16.8 Å². The number of fused-ring (bicyclic) bond motifs is 1. The van der Waals surface area contributed by atoms with Crippen molar-refractivity contribution < 1.29 is 35.4 Å². The molecule has 0 unspecified atom stereocenters. The Labute approximate surface area is 194 Å². The first-order chi connectivity index (χ1) is 15.9. The predicted octanol–water partition coefficient (Wildman–Crippen LogP) is 4.08. The Bertz CT molecular complexity index is 1600. The molecule has 0 aliphatic rings. The summed E-state index contributed by atoms with van der Waals surface area (Å²) in [5, 5.41) is 0.176. The third-order valence-corrected chi connectivity index (χ3v) is 6.48. The van der Waals surface area contributed by atoms with Crippen molar-refractivity contribution in [3.05, 3.63) is 72.8 Å². The standard InChI is InChI=1S/C22H18N2O8S2/c23-13-1-5-15(6-2-13)31-20-12-21(34(28,29)30)22(32-16-7-3-14(24)4-8-16)19-11-17(33(25,26)27)9-10-18(19)20/h1-12H,23-24H2,(H,25,26,27)(H,28,29,30). The molecule has 0 amide bonds. The molecule has 0 saturated heterocycles. The van der Waals surface area contributed by atoms with Crippen LogP contribution in [0.25, 0.3) is 10.8 Å². The summed E-state index contributed by atoms with van der Waals surface area (Å²) in [7, 11) is -9.54. The SMILES string of the molecule is Nc1ccc(Oc2cc(S(=O)(=O)O)c(Oc3ccc(N)cc3)c3cc(S(=O)(=O)O)ccc23)cc1. The number of rotatable bonds is 6. The number of nitrogens with two attached hydrogens (primary N) is 2.